The van der Waals surface area contributed by atoms with Crippen molar-refractivity contribution in [1.82, 2.24) is 4.40 Å². The molecule has 0 aliphatic heterocycles. The maximum absolute atomic E-state index is 5.73. The van der Waals surface area contributed by atoms with Crippen molar-refractivity contribution in [3.05, 3.63) is 41.2 Å². The van der Waals surface area contributed by atoms with E-state index >= 15 is 0 Å². The lowest BCUT2D eigenvalue weighted by atomic mass is 9.93. The van der Waals surface area contributed by atoms with Crippen molar-refractivity contribution in [2.75, 3.05) is 6.54 Å². The quantitative estimate of drug-likeness (QED) is 0.873. The van der Waals surface area contributed by atoms with Gasteiger partial charge in [0.15, 0.2) is 0 Å². The number of rotatable bonds is 2. The molecule has 1 aliphatic carbocycles. The Kier molecular flexibility index (Phi) is 3.75. The van der Waals surface area contributed by atoms with Crippen LogP contribution in [0, 0.1) is 0 Å². The van der Waals surface area contributed by atoms with Crippen molar-refractivity contribution < 1.29 is 0 Å². The van der Waals surface area contributed by atoms with Crippen LogP contribution in [0.4, 0.5) is 0 Å². The molecule has 3 heteroatoms. The van der Waals surface area contributed by atoms with E-state index in [1.807, 2.05) is 0 Å². The molecule has 2 heterocycles. The highest BCUT2D eigenvalue weighted by atomic mass is 35.5. The van der Waals surface area contributed by atoms with E-state index in [9.17, 15) is 0 Å². The zero-order chi connectivity index (χ0) is 11.0. The molecule has 0 unspecified atom stereocenters. The van der Waals surface area contributed by atoms with Crippen LogP contribution in [0.15, 0.2) is 24.4 Å². The Morgan fingerprint density at radius 1 is 1.18 bits per heavy atom. The molecule has 0 radical (unpaired) electrons. The number of aromatic nitrogens is 1. The second kappa shape index (κ2) is 5.11. The number of fused-ring (bicyclic) bond motifs is 3. The van der Waals surface area contributed by atoms with Gasteiger partial charge in [-0.3, -0.25) is 0 Å². The summed E-state index contributed by atoms with van der Waals surface area (Å²) in [6.45, 7) is 0.751. The van der Waals surface area contributed by atoms with E-state index in [1.54, 1.807) is 5.56 Å². The normalized spacial score (nSPS) is 14.4. The summed E-state index contributed by atoms with van der Waals surface area (Å²) < 4.78 is 2.37. The molecule has 0 aromatic carbocycles. The van der Waals surface area contributed by atoms with Crippen LogP contribution < -0.4 is 5.73 Å². The van der Waals surface area contributed by atoms with E-state index in [0.717, 1.165) is 13.0 Å². The van der Waals surface area contributed by atoms with E-state index in [1.165, 1.54) is 42.5 Å². The van der Waals surface area contributed by atoms with Gasteiger partial charge in [-0.2, -0.15) is 0 Å². The Hall–Kier alpha value is -0.990. The van der Waals surface area contributed by atoms with E-state index in [-0.39, 0.29) is 12.4 Å². The fourth-order valence-electron chi connectivity index (χ4n) is 2.98. The highest BCUT2D eigenvalue weighted by Gasteiger charge is 2.19. The van der Waals surface area contributed by atoms with Gasteiger partial charge < -0.3 is 10.1 Å². The van der Waals surface area contributed by atoms with Gasteiger partial charge in [-0.05, 0) is 61.9 Å². The number of halogens is 1. The van der Waals surface area contributed by atoms with E-state index in [4.69, 9.17) is 5.73 Å². The predicted octanol–water partition coefficient (Wildman–Crippen LogP) is 2.74. The van der Waals surface area contributed by atoms with Gasteiger partial charge in [0.05, 0.1) is 0 Å². The number of aryl methyl sites for hydroxylation is 1. The molecule has 1 aliphatic rings. The monoisotopic (exact) mass is 250 g/mol. The molecule has 0 amide bonds. The zero-order valence-corrected chi connectivity index (χ0v) is 10.8. The summed E-state index contributed by atoms with van der Waals surface area (Å²) in [5.74, 6) is 0. The maximum atomic E-state index is 5.73. The van der Waals surface area contributed by atoms with Gasteiger partial charge in [0, 0.05) is 17.4 Å². The van der Waals surface area contributed by atoms with Crippen LogP contribution in [0.5, 0.6) is 0 Å². The summed E-state index contributed by atoms with van der Waals surface area (Å²) in [6, 6.07) is 6.47. The maximum Gasteiger partial charge on any atom is 0.0488 e. The molecule has 2 aromatic heterocycles. The summed E-state index contributed by atoms with van der Waals surface area (Å²) in [6.07, 6.45) is 8.34. The smallest absolute Gasteiger partial charge is 0.0488 e. The van der Waals surface area contributed by atoms with Crippen LogP contribution in [-0.2, 0) is 19.3 Å². The van der Waals surface area contributed by atoms with Crippen molar-refractivity contribution >= 4 is 17.9 Å². The first-order valence-corrected chi connectivity index (χ1v) is 6.21. The SMILES string of the molecule is Cl.NCCc1c2c(n3ccccc13)CCCC2. The van der Waals surface area contributed by atoms with Crippen LogP contribution >= 0.6 is 12.4 Å². The van der Waals surface area contributed by atoms with Crippen molar-refractivity contribution in [3.63, 3.8) is 0 Å². The molecule has 0 bridgehead atoms. The first-order chi connectivity index (χ1) is 7.92. The molecule has 92 valence electrons. The molecule has 3 rings (SSSR count). The van der Waals surface area contributed by atoms with Crippen LogP contribution in [0.1, 0.15) is 29.7 Å². The van der Waals surface area contributed by atoms with Gasteiger partial charge in [-0.25, -0.2) is 0 Å². The molecule has 2 N–H and O–H groups in total. The largest absolute Gasteiger partial charge is 0.330 e. The van der Waals surface area contributed by atoms with Gasteiger partial charge in [0.1, 0.15) is 0 Å². The van der Waals surface area contributed by atoms with Gasteiger partial charge in [-0.1, -0.05) is 6.07 Å². The van der Waals surface area contributed by atoms with Gasteiger partial charge >= 0.3 is 0 Å². The Morgan fingerprint density at radius 3 is 2.82 bits per heavy atom. The molecular formula is C14H19ClN2. The topological polar surface area (TPSA) is 30.4 Å². The van der Waals surface area contributed by atoms with Crippen LogP contribution in [0.25, 0.3) is 5.52 Å². The van der Waals surface area contributed by atoms with Crippen molar-refractivity contribution in [3.8, 4) is 0 Å². The zero-order valence-electron chi connectivity index (χ0n) is 9.98. The second-order valence-electron chi connectivity index (χ2n) is 4.61. The summed E-state index contributed by atoms with van der Waals surface area (Å²) >= 11 is 0. The molecule has 0 atom stereocenters. The first kappa shape index (κ1) is 12.5. The second-order valence-corrected chi connectivity index (χ2v) is 4.61. The molecule has 17 heavy (non-hydrogen) atoms. The molecule has 0 spiro atoms. The minimum atomic E-state index is 0. The van der Waals surface area contributed by atoms with E-state index in [0.29, 0.717) is 0 Å². The van der Waals surface area contributed by atoms with Crippen molar-refractivity contribution in [1.29, 1.82) is 0 Å². The Balaban J connectivity index is 0.00000108. The third kappa shape index (κ3) is 1.96. The van der Waals surface area contributed by atoms with Gasteiger partial charge in [0.25, 0.3) is 0 Å². The molecule has 2 nitrogen and oxygen atoms in total. The average Bonchev–Trinajstić information content (AvgIpc) is 2.66. The van der Waals surface area contributed by atoms with Crippen LogP contribution in [-0.4, -0.2) is 10.9 Å². The third-order valence-electron chi connectivity index (χ3n) is 3.66. The minimum absolute atomic E-state index is 0. The van der Waals surface area contributed by atoms with E-state index in [2.05, 4.69) is 28.8 Å². The summed E-state index contributed by atoms with van der Waals surface area (Å²) in [5.41, 5.74) is 11.7. The van der Waals surface area contributed by atoms with Gasteiger partial charge in [-0.15, -0.1) is 12.4 Å². The molecule has 0 saturated heterocycles. The van der Waals surface area contributed by atoms with Gasteiger partial charge in [0.2, 0.25) is 0 Å². The highest BCUT2D eigenvalue weighted by Crippen LogP contribution is 2.30. The highest BCUT2D eigenvalue weighted by molar-refractivity contribution is 5.85. The third-order valence-corrected chi connectivity index (χ3v) is 3.66. The molecule has 2 aromatic rings. The minimum Gasteiger partial charge on any atom is -0.330 e. The van der Waals surface area contributed by atoms with Crippen LogP contribution in [0.2, 0.25) is 0 Å². The summed E-state index contributed by atoms with van der Waals surface area (Å²) in [5, 5.41) is 0. The molecule has 0 saturated carbocycles. The first-order valence-electron chi connectivity index (χ1n) is 6.21. The average molecular weight is 251 g/mol. The lowest BCUT2D eigenvalue weighted by Gasteiger charge is -2.13. The predicted molar refractivity (Wildman–Crippen MR) is 74.0 cm³/mol. The molecular weight excluding hydrogens is 232 g/mol. The summed E-state index contributed by atoms with van der Waals surface area (Å²) in [4.78, 5) is 0. The Bertz CT molecular complexity index is 516. The fraction of sp³-hybridized carbons (Fsp3) is 0.429. The standard InChI is InChI=1S/C14H18N2.ClH/c15-9-8-12-11-5-1-2-6-13(11)16-10-4-3-7-14(12)16;/h3-4,7,10H,1-2,5-6,8-9,15H2;1H. The fourth-order valence-corrected chi connectivity index (χ4v) is 2.98. The number of hydrogen-bond acceptors (Lipinski definition) is 1. The summed E-state index contributed by atoms with van der Waals surface area (Å²) in [7, 11) is 0. The van der Waals surface area contributed by atoms with Crippen molar-refractivity contribution in [2.45, 2.75) is 32.1 Å². The molecule has 0 fully saturated rings. The Labute approximate surface area is 108 Å². The van der Waals surface area contributed by atoms with Crippen molar-refractivity contribution in [2.24, 2.45) is 5.73 Å². The lowest BCUT2D eigenvalue weighted by Crippen LogP contribution is -2.07. The number of hydrogen-bond donors (Lipinski definition) is 1. The number of pyridine rings is 1. The number of nitrogens with two attached hydrogens (primary N) is 1. The lowest BCUT2D eigenvalue weighted by molar-refractivity contribution is 0.665. The number of nitrogens with zero attached hydrogens (tertiary/aromatic N) is 1. The van der Waals surface area contributed by atoms with Crippen LogP contribution in [0.3, 0.4) is 0 Å². The van der Waals surface area contributed by atoms with E-state index < -0.39 is 0 Å². The Morgan fingerprint density at radius 2 is 2.00 bits per heavy atom.